The van der Waals surface area contributed by atoms with E-state index in [1.807, 2.05) is 53.0 Å². The van der Waals surface area contributed by atoms with E-state index in [9.17, 15) is 0 Å². The molecule has 0 bridgehead atoms. The number of para-hydroxylation sites is 1. The molecule has 0 aliphatic rings. The number of furan rings is 1. The fourth-order valence-electron chi connectivity index (χ4n) is 7.43. The summed E-state index contributed by atoms with van der Waals surface area (Å²) in [5, 5.41) is 6.98. The van der Waals surface area contributed by atoms with Gasteiger partial charge in [-0.1, -0.05) is 97.1 Å². The maximum atomic E-state index is 6.78. The summed E-state index contributed by atoms with van der Waals surface area (Å²) in [6.45, 7) is 0. The average molecular weight is 688 g/mol. The molecule has 0 saturated heterocycles. The number of rotatable bonds is 4. The van der Waals surface area contributed by atoms with Crippen molar-refractivity contribution in [2.24, 2.45) is 0 Å². The van der Waals surface area contributed by atoms with Gasteiger partial charge in [-0.25, -0.2) is 15.0 Å². The van der Waals surface area contributed by atoms with Crippen LogP contribution in [0.25, 0.3) is 108 Å². The van der Waals surface area contributed by atoms with Crippen LogP contribution in [0.3, 0.4) is 0 Å². The molecule has 0 atom stereocenters. The molecule has 11 aromatic rings. The molecule has 4 nitrogen and oxygen atoms in total. The van der Waals surface area contributed by atoms with Crippen LogP contribution >= 0.6 is 22.7 Å². The van der Waals surface area contributed by atoms with Gasteiger partial charge in [0.05, 0.1) is 0 Å². The lowest BCUT2D eigenvalue weighted by Crippen LogP contribution is -2.00. The fourth-order valence-corrected chi connectivity index (χ4v) is 9.65. The Morgan fingerprint density at radius 1 is 0.373 bits per heavy atom. The lowest BCUT2D eigenvalue weighted by Gasteiger charge is -2.11. The summed E-state index contributed by atoms with van der Waals surface area (Å²) in [6.07, 6.45) is 0. The maximum absolute atomic E-state index is 6.78. The lowest BCUT2D eigenvalue weighted by molar-refractivity contribution is 0.670. The van der Waals surface area contributed by atoms with E-state index < -0.39 is 0 Å². The highest BCUT2D eigenvalue weighted by atomic mass is 32.1. The van der Waals surface area contributed by atoms with Crippen molar-refractivity contribution in [3.63, 3.8) is 0 Å². The number of hydrogen-bond acceptors (Lipinski definition) is 6. The molecule has 6 heteroatoms. The Kier molecular flexibility index (Phi) is 6.26. The number of nitrogens with zero attached hydrogens (tertiary/aromatic N) is 3. The van der Waals surface area contributed by atoms with Gasteiger partial charge in [0.15, 0.2) is 17.5 Å². The predicted molar refractivity (Wildman–Crippen MR) is 215 cm³/mol. The highest BCUT2D eigenvalue weighted by Gasteiger charge is 2.22. The average Bonchev–Trinajstić information content (AvgIpc) is 3.89. The normalized spacial score (nSPS) is 11.9. The minimum absolute atomic E-state index is 0.608. The van der Waals surface area contributed by atoms with Crippen LogP contribution < -0.4 is 0 Å². The van der Waals surface area contributed by atoms with Gasteiger partial charge in [-0.05, 0) is 60.2 Å². The van der Waals surface area contributed by atoms with Gasteiger partial charge in [-0.2, -0.15) is 0 Å². The third-order valence-corrected chi connectivity index (χ3v) is 12.0. The molecule has 0 spiro atoms. The van der Waals surface area contributed by atoms with Crippen LogP contribution in [0.2, 0.25) is 0 Å². The molecule has 7 aromatic carbocycles. The van der Waals surface area contributed by atoms with Crippen molar-refractivity contribution in [2.45, 2.75) is 0 Å². The number of hydrogen-bond donors (Lipinski definition) is 0. The van der Waals surface area contributed by atoms with Gasteiger partial charge in [0.2, 0.25) is 0 Å². The van der Waals surface area contributed by atoms with E-state index in [0.29, 0.717) is 17.5 Å². The van der Waals surface area contributed by atoms with E-state index in [1.54, 1.807) is 0 Å². The molecular weight excluding hydrogens is 663 g/mol. The Morgan fingerprint density at radius 3 is 1.86 bits per heavy atom. The van der Waals surface area contributed by atoms with Crippen LogP contribution in [0.4, 0.5) is 0 Å². The number of thiophene rings is 2. The summed E-state index contributed by atoms with van der Waals surface area (Å²) >= 11 is 3.63. The Hall–Kier alpha value is -6.21. The van der Waals surface area contributed by atoms with Crippen LogP contribution in [0.15, 0.2) is 156 Å². The highest BCUT2D eigenvalue weighted by molar-refractivity contribution is 7.26. The smallest absolute Gasteiger partial charge is 0.164 e. The summed E-state index contributed by atoms with van der Waals surface area (Å²) in [5.74, 6) is 1.87. The number of fused-ring (bicyclic) bond motifs is 9. The van der Waals surface area contributed by atoms with Crippen LogP contribution in [-0.2, 0) is 0 Å². The number of benzene rings is 7. The zero-order chi connectivity index (χ0) is 33.5. The molecule has 238 valence electrons. The topological polar surface area (TPSA) is 51.8 Å². The molecule has 0 aliphatic carbocycles. The van der Waals surface area contributed by atoms with E-state index in [1.165, 1.54) is 40.3 Å². The quantitative estimate of drug-likeness (QED) is 0.185. The molecule has 0 saturated carbocycles. The molecule has 4 heterocycles. The van der Waals surface area contributed by atoms with Crippen LogP contribution in [-0.4, -0.2) is 15.0 Å². The maximum Gasteiger partial charge on any atom is 0.164 e. The first-order valence-corrected chi connectivity index (χ1v) is 18.5. The van der Waals surface area contributed by atoms with Crippen LogP contribution in [0.1, 0.15) is 0 Å². The zero-order valence-electron chi connectivity index (χ0n) is 27.0. The van der Waals surface area contributed by atoms with E-state index in [-0.39, 0.29) is 0 Å². The number of aromatic nitrogens is 3. The first-order chi connectivity index (χ1) is 25.3. The second-order valence-electron chi connectivity index (χ2n) is 12.7. The molecule has 0 fully saturated rings. The minimum atomic E-state index is 0.608. The fraction of sp³-hybridized carbons (Fsp3) is 0. The molecular formula is C45H25N3OS2. The zero-order valence-corrected chi connectivity index (χ0v) is 28.6. The Bertz CT molecular complexity index is 3160. The van der Waals surface area contributed by atoms with Crippen molar-refractivity contribution >= 4 is 85.0 Å². The molecule has 0 aliphatic heterocycles. The van der Waals surface area contributed by atoms with Gasteiger partial charge in [0.25, 0.3) is 0 Å². The Balaban J connectivity index is 1.18. The largest absolute Gasteiger partial charge is 0.455 e. The lowest BCUT2D eigenvalue weighted by atomic mass is 9.95. The van der Waals surface area contributed by atoms with Crippen molar-refractivity contribution in [3.8, 4) is 45.3 Å². The third-order valence-electron chi connectivity index (χ3n) is 9.76. The molecule has 11 rings (SSSR count). The van der Waals surface area contributed by atoms with Crippen LogP contribution in [0.5, 0.6) is 0 Å². The third kappa shape index (κ3) is 4.47. The van der Waals surface area contributed by atoms with Crippen molar-refractivity contribution < 1.29 is 4.42 Å². The minimum Gasteiger partial charge on any atom is -0.455 e. The summed E-state index contributed by atoms with van der Waals surface area (Å²) < 4.78 is 11.8. The summed E-state index contributed by atoms with van der Waals surface area (Å²) in [4.78, 5) is 15.5. The summed E-state index contributed by atoms with van der Waals surface area (Å²) in [7, 11) is 0. The van der Waals surface area contributed by atoms with Crippen molar-refractivity contribution in [2.75, 3.05) is 0 Å². The van der Waals surface area contributed by atoms with Crippen molar-refractivity contribution in [1.82, 2.24) is 15.0 Å². The first-order valence-electron chi connectivity index (χ1n) is 16.9. The molecule has 0 unspecified atom stereocenters. The van der Waals surface area contributed by atoms with Gasteiger partial charge in [-0.3, -0.25) is 0 Å². The van der Waals surface area contributed by atoms with Gasteiger partial charge in [0, 0.05) is 73.4 Å². The monoisotopic (exact) mass is 687 g/mol. The van der Waals surface area contributed by atoms with E-state index in [2.05, 4.69) is 121 Å². The van der Waals surface area contributed by atoms with E-state index >= 15 is 0 Å². The van der Waals surface area contributed by atoms with Gasteiger partial charge >= 0.3 is 0 Å². The van der Waals surface area contributed by atoms with Crippen molar-refractivity contribution in [3.05, 3.63) is 152 Å². The molecule has 0 N–H and O–H groups in total. The first kappa shape index (κ1) is 28.6. The summed E-state index contributed by atoms with van der Waals surface area (Å²) in [5.41, 5.74) is 6.65. The second-order valence-corrected chi connectivity index (χ2v) is 14.9. The van der Waals surface area contributed by atoms with Gasteiger partial charge < -0.3 is 4.42 Å². The molecule has 0 amide bonds. The van der Waals surface area contributed by atoms with E-state index in [0.717, 1.165) is 49.8 Å². The Labute approximate surface area is 299 Å². The molecule has 0 radical (unpaired) electrons. The van der Waals surface area contributed by atoms with Crippen molar-refractivity contribution in [1.29, 1.82) is 0 Å². The van der Waals surface area contributed by atoms with E-state index in [4.69, 9.17) is 19.4 Å². The Morgan fingerprint density at radius 2 is 1.00 bits per heavy atom. The standard InChI is InChI=1S/C45H25N3OS2/c1-2-11-26(12-3-1)43-46-44(27-21-24-38-34(25-27)28-13-5-8-18-36(28)50-38)48-45(47-43)33-23-22-30(42-41(33)31-14-4-7-17-35(31)49-42)29-16-10-20-39-40(29)32-15-6-9-19-37(32)51-39/h1-25H. The second kappa shape index (κ2) is 11.2. The highest BCUT2D eigenvalue weighted by Crippen LogP contribution is 2.46. The van der Waals surface area contributed by atoms with Crippen LogP contribution in [0, 0.1) is 0 Å². The summed E-state index contributed by atoms with van der Waals surface area (Å²) in [6, 6.07) is 53.1. The predicted octanol–water partition coefficient (Wildman–Crippen LogP) is 13.2. The van der Waals surface area contributed by atoms with Gasteiger partial charge in [-0.15, -0.1) is 22.7 Å². The molecule has 51 heavy (non-hydrogen) atoms. The SMILES string of the molecule is c1ccc(-c2nc(-c3ccc4sc5ccccc5c4c3)nc(-c3ccc(-c4cccc5sc6ccccc6c45)c4oc5ccccc5c34)n2)cc1. The molecule has 4 aromatic heterocycles. The van der Waals surface area contributed by atoms with Gasteiger partial charge in [0.1, 0.15) is 11.2 Å².